The molecule has 1 aromatic heterocycles. The van der Waals surface area contributed by atoms with Crippen LogP contribution in [0.15, 0.2) is 0 Å². The Bertz CT molecular complexity index is 620. The molecule has 0 unspecified atom stereocenters. The Morgan fingerprint density at radius 1 is 1.08 bits per heavy atom. The van der Waals surface area contributed by atoms with Gasteiger partial charge in [0, 0.05) is 20.1 Å². The molecule has 1 aromatic rings. The molecule has 1 saturated carbocycles. The summed E-state index contributed by atoms with van der Waals surface area (Å²) in [6.45, 7) is 3.06. The SMILES string of the molecule is CN1NC2(CCCCCCC2)Nc2nc(N3CCOCC3)nn2C1=S. The van der Waals surface area contributed by atoms with Crippen LogP contribution < -0.4 is 15.6 Å². The minimum atomic E-state index is -0.206. The maximum Gasteiger partial charge on any atom is 0.247 e. The van der Waals surface area contributed by atoms with E-state index < -0.39 is 0 Å². The van der Waals surface area contributed by atoms with E-state index in [-0.39, 0.29) is 5.66 Å². The molecule has 0 radical (unpaired) electrons. The van der Waals surface area contributed by atoms with Gasteiger partial charge >= 0.3 is 0 Å². The van der Waals surface area contributed by atoms with Crippen molar-refractivity contribution in [2.24, 2.45) is 0 Å². The molecule has 2 fully saturated rings. The predicted octanol–water partition coefficient (Wildman–Crippen LogP) is 1.55. The maximum absolute atomic E-state index is 5.64. The second-order valence-electron chi connectivity index (χ2n) is 7.17. The molecule has 25 heavy (non-hydrogen) atoms. The average Bonchev–Trinajstić information content (AvgIpc) is 2.98. The van der Waals surface area contributed by atoms with Crippen LogP contribution in [0.2, 0.25) is 0 Å². The highest BCUT2D eigenvalue weighted by Crippen LogP contribution is 2.30. The Kier molecular flexibility index (Phi) is 4.79. The summed E-state index contributed by atoms with van der Waals surface area (Å²) in [5.41, 5.74) is 3.38. The molecule has 0 aromatic carbocycles. The van der Waals surface area contributed by atoms with Crippen LogP contribution >= 0.6 is 12.2 Å². The molecule has 138 valence electrons. The number of morpholine rings is 1. The molecule has 4 rings (SSSR count). The number of ether oxygens (including phenoxy) is 1. The van der Waals surface area contributed by atoms with Crippen molar-refractivity contribution < 1.29 is 4.74 Å². The molecule has 0 atom stereocenters. The standard InChI is InChI=1S/C16H27N7OS/c1-21-15(25)23-13(17-14(19-23)22-9-11-24-12-10-22)18-16(20-21)7-5-3-2-4-6-8-16/h20H,2-12H2,1H3,(H,17,18,19). The number of thiocarbonyl (C=S) groups is 1. The Morgan fingerprint density at radius 3 is 2.48 bits per heavy atom. The van der Waals surface area contributed by atoms with Gasteiger partial charge in [-0.25, -0.2) is 5.43 Å². The summed E-state index contributed by atoms with van der Waals surface area (Å²) < 4.78 is 7.18. The molecule has 9 heteroatoms. The average molecular weight is 366 g/mol. The van der Waals surface area contributed by atoms with Gasteiger partial charge in [0.25, 0.3) is 0 Å². The van der Waals surface area contributed by atoms with Crippen LogP contribution in [0.25, 0.3) is 0 Å². The van der Waals surface area contributed by atoms with Gasteiger partial charge in [0.15, 0.2) is 0 Å². The predicted molar refractivity (Wildman–Crippen MR) is 101 cm³/mol. The summed E-state index contributed by atoms with van der Waals surface area (Å²) in [5.74, 6) is 1.47. The third kappa shape index (κ3) is 3.45. The van der Waals surface area contributed by atoms with E-state index in [1.54, 1.807) is 4.68 Å². The van der Waals surface area contributed by atoms with Crippen molar-refractivity contribution in [3.05, 3.63) is 0 Å². The third-order valence-electron chi connectivity index (χ3n) is 5.30. The highest BCUT2D eigenvalue weighted by molar-refractivity contribution is 7.80. The maximum atomic E-state index is 5.64. The zero-order valence-electron chi connectivity index (χ0n) is 14.8. The summed E-state index contributed by atoms with van der Waals surface area (Å²) in [6, 6.07) is 0. The van der Waals surface area contributed by atoms with Gasteiger partial charge in [-0.2, -0.15) is 9.67 Å². The normalized spacial score (nSPS) is 24.3. The lowest BCUT2D eigenvalue weighted by Crippen LogP contribution is -2.58. The molecule has 1 spiro atoms. The number of rotatable bonds is 1. The molecule has 8 nitrogen and oxygen atoms in total. The third-order valence-corrected chi connectivity index (χ3v) is 5.74. The Labute approximate surface area is 153 Å². The highest BCUT2D eigenvalue weighted by Gasteiger charge is 2.37. The minimum absolute atomic E-state index is 0.206. The lowest BCUT2D eigenvalue weighted by molar-refractivity contribution is 0.122. The quantitative estimate of drug-likeness (QED) is 0.727. The first-order valence-electron chi connectivity index (χ1n) is 9.31. The molecule has 2 aliphatic heterocycles. The first-order valence-corrected chi connectivity index (χ1v) is 9.72. The van der Waals surface area contributed by atoms with Gasteiger partial charge in [-0.15, -0.1) is 5.10 Å². The van der Waals surface area contributed by atoms with Crippen molar-refractivity contribution in [2.45, 2.75) is 50.6 Å². The summed E-state index contributed by atoms with van der Waals surface area (Å²) in [6.07, 6.45) is 8.41. The van der Waals surface area contributed by atoms with Crippen molar-refractivity contribution in [3.63, 3.8) is 0 Å². The fourth-order valence-corrected chi connectivity index (χ4v) is 4.08. The summed E-state index contributed by atoms with van der Waals surface area (Å²) in [7, 11) is 1.97. The number of fused-ring (bicyclic) bond motifs is 1. The van der Waals surface area contributed by atoms with Crippen LogP contribution in [0.1, 0.15) is 44.9 Å². The van der Waals surface area contributed by atoms with E-state index in [0.717, 1.165) is 37.8 Å². The first-order chi connectivity index (χ1) is 12.2. The van der Waals surface area contributed by atoms with Crippen LogP contribution in [0, 0.1) is 0 Å². The van der Waals surface area contributed by atoms with Crippen LogP contribution in [0.3, 0.4) is 0 Å². The van der Waals surface area contributed by atoms with E-state index in [2.05, 4.69) is 20.7 Å². The summed E-state index contributed by atoms with van der Waals surface area (Å²) >= 11 is 5.64. The van der Waals surface area contributed by atoms with E-state index in [1.165, 1.54) is 32.1 Å². The molecule has 2 N–H and O–H groups in total. The minimum Gasteiger partial charge on any atom is -0.378 e. The van der Waals surface area contributed by atoms with Crippen LogP contribution in [-0.4, -0.2) is 63.9 Å². The second-order valence-corrected chi connectivity index (χ2v) is 7.54. The largest absolute Gasteiger partial charge is 0.378 e. The monoisotopic (exact) mass is 365 g/mol. The van der Waals surface area contributed by atoms with Gasteiger partial charge in [0.2, 0.25) is 17.0 Å². The molecule has 3 aliphatic rings. The molecule has 1 aliphatic carbocycles. The van der Waals surface area contributed by atoms with E-state index in [4.69, 9.17) is 21.9 Å². The van der Waals surface area contributed by atoms with Crippen LogP contribution in [0.5, 0.6) is 0 Å². The fraction of sp³-hybridized carbons (Fsp3) is 0.812. The van der Waals surface area contributed by atoms with Crippen molar-refractivity contribution in [3.8, 4) is 0 Å². The topological polar surface area (TPSA) is 70.5 Å². The van der Waals surface area contributed by atoms with Gasteiger partial charge in [0.05, 0.1) is 13.2 Å². The van der Waals surface area contributed by atoms with E-state index in [1.807, 2.05) is 12.1 Å². The van der Waals surface area contributed by atoms with Gasteiger partial charge in [0.1, 0.15) is 5.66 Å². The highest BCUT2D eigenvalue weighted by atomic mass is 32.1. The second kappa shape index (κ2) is 7.05. The number of anilines is 2. The van der Waals surface area contributed by atoms with Gasteiger partial charge in [-0.3, -0.25) is 5.01 Å². The molecule has 3 heterocycles. The molecular formula is C16H27N7OS. The summed E-state index contributed by atoms with van der Waals surface area (Å²) in [5, 5.41) is 10.9. The van der Waals surface area contributed by atoms with E-state index in [9.17, 15) is 0 Å². The number of nitrogens with one attached hydrogen (secondary N) is 2. The Morgan fingerprint density at radius 2 is 1.76 bits per heavy atom. The molecular weight excluding hydrogens is 338 g/mol. The number of hydrazine groups is 1. The van der Waals surface area contributed by atoms with Crippen molar-refractivity contribution >= 4 is 29.2 Å². The van der Waals surface area contributed by atoms with Gasteiger partial charge in [-0.05, 0) is 37.9 Å². The zero-order chi connectivity index (χ0) is 17.3. The van der Waals surface area contributed by atoms with E-state index in [0.29, 0.717) is 18.3 Å². The number of aromatic nitrogens is 3. The zero-order valence-corrected chi connectivity index (χ0v) is 15.6. The molecule has 0 amide bonds. The van der Waals surface area contributed by atoms with Crippen molar-refractivity contribution in [1.29, 1.82) is 0 Å². The fourth-order valence-electron chi connectivity index (χ4n) is 3.91. The lowest BCUT2D eigenvalue weighted by atomic mass is 9.91. The number of hydrogen-bond acceptors (Lipinski definition) is 7. The van der Waals surface area contributed by atoms with Crippen LogP contribution in [0.4, 0.5) is 11.9 Å². The van der Waals surface area contributed by atoms with Crippen LogP contribution in [-0.2, 0) is 4.74 Å². The van der Waals surface area contributed by atoms with Crippen molar-refractivity contribution in [1.82, 2.24) is 25.2 Å². The van der Waals surface area contributed by atoms with E-state index >= 15 is 0 Å². The Balaban J connectivity index is 1.64. The van der Waals surface area contributed by atoms with Gasteiger partial charge < -0.3 is 15.0 Å². The number of nitrogens with zero attached hydrogens (tertiary/aromatic N) is 5. The van der Waals surface area contributed by atoms with Gasteiger partial charge in [-0.1, -0.05) is 19.3 Å². The number of hydrogen-bond donors (Lipinski definition) is 2. The molecule has 0 bridgehead atoms. The molecule has 1 saturated heterocycles. The smallest absolute Gasteiger partial charge is 0.247 e. The first kappa shape index (κ1) is 17.0. The summed E-state index contributed by atoms with van der Waals surface area (Å²) in [4.78, 5) is 6.94. The lowest BCUT2D eigenvalue weighted by Gasteiger charge is -2.38. The van der Waals surface area contributed by atoms with Crippen molar-refractivity contribution in [2.75, 3.05) is 43.6 Å². The Hall–Kier alpha value is -1.45.